The summed E-state index contributed by atoms with van der Waals surface area (Å²) in [6.07, 6.45) is 1.33. The molecular weight excluding hydrogens is 434 g/mol. The van der Waals surface area contributed by atoms with Crippen LogP contribution in [-0.2, 0) is 16.6 Å². The van der Waals surface area contributed by atoms with E-state index < -0.39 is 15.8 Å². The number of hydrogen-bond donors (Lipinski definition) is 2. The highest BCUT2D eigenvalue weighted by molar-refractivity contribution is 7.89. The number of nitrogens with zero attached hydrogens (tertiary/aromatic N) is 1. The van der Waals surface area contributed by atoms with Crippen molar-refractivity contribution in [3.63, 3.8) is 0 Å². The van der Waals surface area contributed by atoms with E-state index in [4.69, 9.17) is 13.9 Å². The Labute approximate surface area is 183 Å². The molecule has 0 spiro atoms. The smallest absolute Gasteiger partial charge is 0.417 e. The molecule has 0 aliphatic heterocycles. The molecule has 0 fully saturated rings. The summed E-state index contributed by atoms with van der Waals surface area (Å²) in [6.45, 7) is 0.301. The molecule has 0 aliphatic rings. The monoisotopic (exact) mass is 453 g/mol. The predicted octanol–water partition coefficient (Wildman–Crippen LogP) is 3.02. The SMILES string of the molecule is COc1cccc(/C=N/NS(=O)(=O)c2ccc3[nH]c(=O)oc3c2)c1OCc1ccccc1. The van der Waals surface area contributed by atoms with E-state index in [0.29, 0.717) is 29.2 Å². The molecule has 0 radical (unpaired) electrons. The van der Waals surface area contributed by atoms with Crippen LogP contribution in [0.1, 0.15) is 11.1 Å². The summed E-state index contributed by atoms with van der Waals surface area (Å²) >= 11 is 0. The lowest BCUT2D eigenvalue weighted by atomic mass is 10.2. The molecule has 2 N–H and O–H groups in total. The summed E-state index contributed by atoms with van der Waals surface area (Å²) in [4.78, 5) is 15.8. The second kappa shape index (κ2) is 8.98. The molecule has 164 valence electrons. The molecule has 32 heavy (non-hydrogen) atoms. The molecule has 0 atom stereocenters. The summed E-state index contributed by atoms with van der Waals surface area (Å²) in [5.41, 5.74) is 2.02. The number of oxazole rings is 1. The molecular formula is C22H19N3O6S. The highest BCUT2D eigenvalue weighted by Crippen LogP contribution is 2.31. The van der Waals surface area contributed by atoms with Gasteiger partial charge in [0, 0.05) is 11.6 Å². The highest BCUT2D eigenvalue weighted by Gasteiger charge is 2.15. The number of aromatic amines is 1. The number of rotatable bonds is 8. The number of sulfonamides is 1. The second-order valence-electron chi connectivity index (χ2n) is 6.68. The van der Waals surface area contributed by atoms with E-state index in [-0.39, 0.29) is 10.5 Å². The van der Waals surface area contributed by atoms with Crippen LogP contribution in [0.15, 0.2) is 85.9 Å². The lowest BCUT2D eigenvalue weighted by molar-refractivity contribution is 0.284. The zero-order chi connectivity index (χ0) is 22.6. The first kappa shape index (κ1) is 21.2. The molecule has 0 amide bonds. The Kier molecular flexibility index (Phi) is 5.95. The van der Waals surface area contributed by atoms with Crippen LogP contribution in [0.4, 0.5) is 0 Å². The Morgan fingerprint density at radius 3 is 2.69 bits per heavy atom. The summed E-state index contributed by atoms with van der Waals surface area (Å²) in [5.74, 6) is 0.250. The van der Waals surface area contributed by atoms with Gasteiger partial charge in [0.1, 0.15) is 6.61 Å². The maximum Gasteiger partial charge on any atom is 0.417 e. The van der Waals surface area contributed by atoms with E-state index in [1.807, 2.05) is 30.3 Å². The number of hydrogen-bond acceptors (Lipinski definition) is 7. The number of methoxy groups -OCH3 is 1. The Balaban J connectivity index is 1.54. The van der Waals surface area contributed by atoms with Crippen LogP contribution in [0.3, 0.4) is 0 Å². The van der Waals surface area contributed by atoms with Gasteiger partial charge in [0.05, 0.1) is 23.7 Å². The molecule has 0 saturated heterocycles. The van der Waals surface area contributed by atoms with Crippen molar-refractivity contribution in [3.8, 4) is 11.5 Å². The van der Waals surface area contributed by atoms with Crippen molar-refractivity contribution < 1.29 is 22.3 Å². The van der Waals surface area contributed by atoms with Gasteiger partial charge in [0.15, 0.2) is 17.1 Å². The Hall–Kier alpha value is -4.05. The minimum atomic E-state index is -3.99. The van der Waals surface area contributed by atoms with Crippen LogP contribution in [0, 0.1) is 0 Å². The summed E-state index contributed by atoms with van der Waals surface area (Å²) < 4.78 is 41.4. The summed E-state index contributed by atoms with van der Waals surface area (Å²) in [5, 5.41) is 3.87. The van der Waals surface area contributed by atoms with Gasteiger partial charge in [-0.05, 0) is 29.8 Å². The van der Waals surface area contributed by atoms with Crippen molar-refractivity contribution in [2.24, 2.45) is 5.10 Å². The molecule has 10 heteroatoms. The molecule has 0 saturated carbocycles. The molecule has 9 nitrogen and oxygen atoms in total. The van der Waals surface area contributed by atoms with Crippen LogP contribution < -0.4 is 20.1 Å². The quantitative estimate of drug-likeness (QED) is 0.312. The van der Waals surface area contributed by atoms with Crippen LogP contribution in [0.2, 0.25) is 0 Å². The van der Waals surface area contributed by atoms with Crippen molar-refractivity contribution in [1.29, 1.82) is 0 Å². The third-order valence-corrected chi connectivity index (χ3v) is 5.75. The molecule has 0 unspecified atom stereocenters. The fourth-order valence-electron chi connectivity index (χ4n) is 2.99. The largest absolute Gasteiger partial charge is 0.493 e. The standard InChI is InChI=1S/C22H19N3O6S/c1-29-19-9-5-8-16(21(19)30-14-15-6-3-2-4-7-15)13-23-25-32(27,28)17-10-11-18-20(12-17)31-22(26)24-18/h2-13,25H,14H2,1H3,(H,24,26)/b23-13+. The van der Waals surface area contributed by atoms with Crippen LogP contribution >= 0.6 is 0 Å². The van der Waals surface area contributed by atoms with Crippen LogP contribution in [-0.4, -0.2) is 26.7 Å². The van der Waals surface area contributed by atoms with Gasteiger partial charge >= 0.3 is 5.76 Å². The van der Waals surface area contributed by atoms with Crippen molar-refractivity contribution in [3.05, 3.63) is 88.4 Å². The summed E-state index contributed by atoms with van der Waals surface area (Å²) in [7, 11) is -2.47. The molecule has 4 rings (SSSR count). The van der Waals surface area contributed by atoms with Gasteiger partial charge in [-0.15, -0.1) is 0 Å². The first-order valence-corrected chi connectivity index (χ1v) is 11.0. The maximum absolute atomic E-state index is 12.6. The van der Waals surface area contributed by atoms with E-state index in [1.54, 1.807) is 18.2 Å². The number of H-pyrrole nitrogens is 1. The average molecular weight is 453 g/mol. The topological polar surface area (TPSA) is 123 Å². The van der Waals surface area contributed by atoms with E-state index in [2.05, 4.69) is 14.9 Å². The second-order valence-corrected chi connectivity index (χ2v) is 8.34. The number of fused-ring (bicyclic) bond motifs is 1. The van der Waals surface area contributed by atoms with Crippen molar-refractivity contribution in [2.75, 3.05) is 7.11 Å². The van der Waals surface area contributed by atoms with E-state index in [1.165, 1.54) is 31.5 Å². The Morgan fingerprint density at radius 2 is 1.91 bits per heavy atom. The zero-order valence-corrected chi connectivity index (χ0v) is 17.8. The lowest BCUT2D eigenvalue weighted by Crippen LogP contribution is -2.18. The van der Waals surface area contributed by atoms with E-state index in [0.717, 1.165) is 5.56 Å². The number of hydrazone groups is 1. The first-order chi connectivity index (χ1) is 15.5. The first-order valence-electron chi connectivity index (χ1n) is 9.48. The van der Waals surface area contributed by atoms with Gasteiger partial charge in [0.2, 0.25) is 0 Å². The minimum Gasteiger partial charge on any atom is -0.493 e. The van der Waals surface area contributed by atoms with Gasteiger partial charge in [-0.25, -0.2) is 9.63 Å². The lowest BCUT2D eigenvalue weighted by Gasteiger charge is -2.13. The third kappa shape index (κ3) is 4.65. The van der Waals surface area contributed by atoms with Gasteiger partial charge in [0.25, 0.3) is 10.0 Å². The average Bonchev–Trinajstić information content (AvgIpc) is 3.17. The van der Waals surface area contributed by atoms with Gasteiger partial charge in [-0.1, -0.05) is 36.4 Å². The van der Waals surface area contributed by atoms with Crippen molar-refractivity contribution >= 4 is 27.3 Å². The molecule has 1 heterocycles. The maximum atomic E-state index is 12.6. The van der Waals surface area contributed by atoms with Gasteiger partial charge in [-0.3, -0.25) is 4.98 Å². The Bertz CT molecular complexity index is 1430. The summed E-state index contributed by atoms with van der Waals surface area (Å²) in [6, 6.07) is 18.8. The van der Waals surface area contributed by atoms with Crippen LogP contribution in [0.25, 0.3) is 11.1 Å². The highest BCUT2D eigenvalue weighted by atomic mass is 32.2. The number of ether oxygens (including phenoxy) is 2. The van der Waals surface area contributed by atoms with Crippen molar-refractivity contribution in [1.82, 2.24) is 9.82 Å². The number of aromatic nitrogens is 1. The molecule has 0 bridgehead atoms. The van der Waals surface area contributed by atoms with E-state index >= 15 is 0 Å². The third-order valence-electron chi connectivity index (χ3n) is 4.53. The van der Waals surface area contributed by atoms with Gasteiger partial charge < -0.3 is 13.9 Å². The number of benzene rings is 3. The zero-order valence-electron chi connectivity index (χ0n) is 16.9. The number of nitrogens with one attached hydrogen (secondary N) is 2. The molecule has 1 aromatic heterocycles. The van der Waals surface area contributed by atoms with Crippen LogP contribution in [0.5, 0.6) is 11.5 Å². The van der Waals surface area contributed by atoms with Gasteiger partial charge in [-0.2, -0.15) is 13.5 Å². The Morgan fingerprint density at radius 1 is 1.09 bits per heavy atom. The predicted molar refractivity (Wildman–Crippen MR) is 119 cm³/mol. The fraction of sp³-hybridized carbons (Fsp3) is 0.0909. The number of para-hydroxylation sites is 1. The fourth-order valence-corrected chi connectivity index (χ4v) is 3.80. The normalized spacial score (nSPS) is 11.7. The molecule has 3 aromatic carbocycles. The molecule has 4 aromatic rings. The minimum absolute atomic E-state index is 0.101. The molecule has 0 aliphatic carbocycles. The van der Waals surface area contributed by atoms with Crippen molar-refractivity contribution in [2.45, 2.75) is 11.5 Å². The van der Waals surface area contributed by atoms with E-state index in [9.17, 15) is 13.2 Å².